The molecule has 1 rings (SSSR count). The third kappa shape index (κ3) is 7.05. The van der Waals surface area contributed by atoms with Gasteiger partial charge >= 0.3 is 0 Å². The van der Waals surface area contributed by atoms with Crippen LogP contribution in [0.2, 0.25) is 0 Å². The van der Waals surface area contributed by atoms with Crippen molar-refractivity contribution >= 4 is 0 Å². The molecule has 2 unspecified atom stereocenters. The Labute approximate surface area is 108 Å². The molecule has 0 aromatic carbocycles. The first-order chi connectivity index (χ1) is 8.08. The maximum atomic E-state index is 3.61. The Morgan fingerprint density at radius 1 is 1.24 bits per heavy atom. The van der Waals surface area contributed by atoms with Gasteiger partial charge < -0.3 is 10.2 Å². The molecule has 1 saturated heterocycles. The Kier molecular flexibility index (Phi) is 7.14. The van der Waals surface area contributed by atoms with Crippen LogP contribution in [-0.4, -0.2) is 37.1 Å². The monoisotopic (exact) mass is 240 g/mol. The zero-order chi connectivity index (χ0) is 12.7. The summed E-state index contributed by atoms with van der Waals surface area (Å²) in [7, 11) is 0. The summed E-state index contributed by atoms with van der Waals surface area (Å²) in [5, 5.41) is 3.61. The number of nitrogens with one attached hydrogen (secondary N) is 1. The lowest BCUT2D eigenvalue weighted by atomic mass is 10.0. The number of unbranched alkanes of at least 4 members (excludes halogenated alkanes) is 1. The SMILES string of the molecule is CC(C)CCCCN1CCC(C)NCC(C)C1. The molecule has 0 spiro atoms. The number of hydrogen-bond acceptors (Lipinski definition) is 2. The van der Waals surface area contributed by atoms with Crippen LogP contribution in [0.25, 0.3) is 0 Å². The van der Waals surface area contributed by atoms with E-state index in [0.29, 0.717) is 6.04 Å². The minimum Gasteiger partial charge on any atom is -0.314 e. The van der Waals surface area contributed by atoms with Gasteiger partial charge in [0.2, 0.25) is 0 Å². The Hall–Kier alpha value is -0.0800. The second-order valence-corrected chi connectivity index (χ2v) is 6.39. The van der Waals surface area contributed by atoms with Crippen LogP contribution in [0.4, 0.5) is 0 Å². The molecule has 0 radical (unpaired) electrons. The summed E-state index contributed by atoms with van der Waals surface area (Å²) in [6.07, 6.45) is 5.47. The molecule has 1 heterocycles. The fraction of sp³-hybridized carbons (Fsp3) is 1.00. The molecular formula is C15H32N2. The highest BCUT2D eigenvalue weighted by atomic mass is 15.1. The van der Waals surface area contributed by atoms with Crippen LogP contribution in [0.3, 0.4) is 0 Å². The van der Waals surface area contributed by atoms with Crippen molar-refractivity contribution in [3.63, 3.8) is 0 Å². The van der Waals surface area contributed by atoms with Crippen LogP contribution >= 0.6 is 0 Å². The van der Waals surface area contributed by atoms with Gasteiger partial charge in [-0.1, -0.05) is 33.6 Å². The minimum atomic E-state index is 0.691. The number of nitrogens with zero attached hydrogens (tertiary/aromatic N) is 1. The van der Waals surface area contributed by atoms with Crippen molar-refractivity contribution < 1.29 is 0 Å². The van der Waals surface area contributed by atoms with Crippen molar-refractivity contribution in [1.82, 2.24) is 10.2 Å². The Morgan fingerprint density at radius 2 is 2.00 bits per heavy atom. The van der Waals surface area contributed by atoms with E-state index in [-0.39, 0.29) is 0 Å². The van der Waals surface area contributed by atoms with Gasteiger partial charge in [-0.25, -0.2) is 0 Å². The normalized spacial score (nSPS) is 28.1. The van der Waals surface area contributed by atoms with Crippen molar-refractivity contribution in [2.45, 2.75) is 59.4 Å². The van der Waals surface area contributed by atoms with E-state index in [4.69, 9.17) is 0 Å². The van der Waals surface area contributed by atoms with E-state index in [9.17, 15) is 0 Å². The second-order valence-electron chi connectivity index (χ2n) is 6.39. The summed E-state index contributed by atoms with van der Waals surface area (Å²) in [5.74, 6) is 1.66. The first kappa shape index (κ1) is 15.0. The molecule has 17 heavy (non-hydrogen) atoms. The molecule has 1 aliphatic rings. The molecular weight excluding hydrogens is 208 g/mol. The highest BCUT2D eigenvalue weighted by Crippen LogP contribution is 2.10. The number of hydrogen-bond donors (Lipinski definition) is 1. The average molecular weight is 240 g/mol. The molecule has 1 aliphatic heterocycles. The summed E-state index contributed by atoms with van der Waals surface area (Å²) in [5.41, 5.74) is 0. The fourth-order valence-corrected chi connectivity index (χ4v) is 2.57. The zero-order valence-electron chi connectivity index (χ0n) is 12.3. The lowest BCUT2D eigenvalue weighted by molar-refractivity contribution is 0.197. The first-order valence-electron chi connectivity index (χ1n) is 7.53. The zero-order valence-corrected chi connectivity index (χ0v) is 12.3. The molecule has 1 fully saturated rings. The molecule has 0 saturated carbocycles. The lowest BCUT2D eigenvalue weighted by Crippen LogP contribution is -2.42. The average Bonchev–Trinajstić information content (AvgIpc) is 2.26. The molecule has 0 bridgehead atoms. The molecule has 1 N–H and O–H groups in total. The molecule has 2 nitrogen and oxygen atoms in total. The topological polar surface area (TPSA) is 15.3 Å². The van der Waals surface area contributed by atoms with E-state index >= 15 is 0 Å². The second kappa shape index (κ2) is 8.10. The maximum Gasteiger partial charge on any atom is 0.00510 e. The van der Waals surface area contributed by atoms with Gasteiger partial charge in [-0.05, 0) is 51.2 Å². The van der Waals surface area contributed by atoms with E-state index in [1.54, 1.807) is 0 Å². The van der Waals surface area contributed by atoms with Crippen molar-refractivity contribution in [2.24, 2.45) is 11.8 Å². The van der Waals surface area contributed by atoms with Gasteiger partial charge in [0.25, 0.3) is 0 Å². The van der Waals surface area contributed by atoms with Crippen LogP contribution in [0.1, 0.15) is 53.4 Å². The summed E-state index contributed by atoms with van der Waals surface area (Å²) in [6.45, 7) is 14.4. The molecule has 0 aromatic heterocycles. The fourth-order valence-electron chi connectivity index (χ4n) is 2.57. The van der Waals surface area contributed by atoms with Gasteiger partial charge in [0.1, 0.15) is 0 Å². The summed E-state index contributed by atoms with van der Waals surface area (Å²) in [6, 6.07) is 0.691. The Bertz CT molecular complexity index is 191. The highest BCUT2D eigenvalue weighted by Gasteiger charge is 2.15. The molecule has 0 aromatic rings. The lowest BCUT2D eigenvalue weighted by Gasteiger charge is -2.31. The summed E-state index contributed by atoms with van der Waals surface area (Å²) >= 11 is 0. The van der Waals surface area contributed by atoms with E-state index in [0.717, 1.165) is 11.8 Å². The van der Waals surface area contributed by atoms with Gasteiger partial charge in [0, 0.05) is 12.6 Å². The van der Waals surface area contributed by atoms with Crippen molar-refractivity contribution in [2.75, 3.05) is 26.2 Å². The van der Waals surface area contributed by atoms with Crippen LogP contribution < -0.4 is 5.32 Å². The summed E-state index contributed by atoms with van der Waals surface area (Å²) in [4.78, 5) is 2.68. The quantitative estimate of drug-likeness (QED) is 0.743. The molecule has 102 valence electrons. The molecule has 0 aliphatic carbocycles. The largest absolute Gasteiger partial charge is 0.314 e. The van der Waals surface area contributed by atoms with Crippen LogP contribution in [0.15, 0.2) is 0 Å². The van der Waals surface area contributed by atoms with Gasteiger partial charge in [-0.2, -0.15) is 0 Å². The van der Waals surface area contributed by atoms with Crippen LogP contribution in [0.5, 0.6) is 0 Å². The summed E-state index contributed by atoms with van der Waals surface area (Å²) < 4.78 is 0. The highest BCUT2D eigenvalue weighted by molar-refractivity contribution is 4.73. The van der Waals surface area contributed by atoms with Crippen LogP contribution in [-0.2, 0) is 0 Å². The third-order valence-corrected chi connectivity index (χ3v) is 3.77. The van der Waals surface area contributed by atoms with Crippen molar-refractivity contribution in [3.8, 4) is 0 Å². The van der Waals surface area contributed by atoms with E-state index < -0.39 is 0 Å². The van der Waals surface area contributed by atoms with Gasteiger partial charge in [-0.3, -0.25) is 0 Å². The van der Waals surface area contributed by atoms with Crippen LogP contribution in [0, 0.1) is 11.8 Å². The standard InChI is InChI=1S/C15H32N2/c1-13(2)7-5-6-9-17-10-8-15(4)16-11-14(3)12-17/h13-16H,5-12H2,1-4H3. The van der Waals surface area contributed by atoms with Crippen molar-refractivity contribution in [3.05, 3.63) is 0 Å². The molecule has 2 atom stereocenters. The smallest absolute Gasteiger partial charge is 0.00510 e. The molecule has 2 heteroatoms. The predicted molar refractivity (Wildman–Crippen MR) is 76.4 cm³/mol. The van der Waals surface area contributed by atoms with E-state index in [1.807, 2.05) is 0 Å². The third-order valence-electron chi connectivity index (χ3n) is 3.77. The van der Waals surface area contributed by atoms with Gasteiger partial charge in [0.15, 0.2) is 0 Å². The Morgan fingerprint density at radius 3 is 2.71 bits per heavy atom. The predicted octanol–water partition coefficient (Wildman–Crippen LogP) is 3.13. The van der Waals surface area contributed by atoms with Gasteiger partial charge in [0.05, 0.1) is 0 Å². The van der Waals surface area contributed by atoms with E-state index in [1.165, 1.54) is 51.9 Å². The number of rotatable bonds is 5. The van der Waals surface area contributed by atoms with Gasteiger partial charge in [-0.15, -0.1) is 0 Å². The Balaban J connectivity index is 2.20. The van der Waals surface area contributed by atoms with E-state index in [2.05, 4.69) is 37.9 Å². The molecule has 0 amide bonds. The minimum absolute atomic E-state index is 0.691. The maximum absolute atomic E-state index is 3.61. The first-order valence-corrected chi connectivity index (χ1v) is 7.53. The van der Waals surface area contributed by atoms with Crippen molar-refractivity contribution in [1.29, 1.82) is 0 Å².